The Kier molecular flexibility index (Phi) is 4.52. The number of rotatable bonds is 4. The third kappa shape index (κ3) is 3.36. The first-order valence-corrected chi connectivity index (χ1v) is 5.66. The van der Waals surface area contributed by atoms with Gasteiger partial charge in [0.25, 0.3) is 0 Å². The molecule has 1 rings (SSSR count). The van der Waals surface area contributed by atoms with E-state index < -0.39 is 0 Å². The fourth-order valence-corrected chi connectivity index (χ4v) is 1.81. The van der Waals surface area contributed by atoms with Crippen molar-refractivity contribution in [3.8, 4) is 6.07 Å². The molecule has 0 aliphatic rings. The highest BCUT2D eigenvalue weighted by atomic mass is 15.0. The molecule has 0 aromatic heterocycles. The predicted molar refractivity (Wildman–Crippen MR) is 67.4 cm³/mol. The van der Waals surface area contributed by atoms with Gasteiger partial charge >= 0.3 is 0 Å². The van der Waals surface area contributed by atoms with Crippen LogP contribution in [0.5, 0.6) is 0 Å². The second kappa shape index (κ2) is 5.67. The van der Waals surface area contributed by atoms with E-state index in [1.807, 2.05) is 14.1 Å². The normalized spacial score (nSPS) is 12.5. The molecule has 0 fully saturated rings. The van der Waals surface area contributed by atoms with Gasteiger partial charge in [-0.1, -0.05) is 23.8 Å². The third-order valence-corrected chi connectivity index (χ3v) is 2.83. The summed E-state index contributed by atoms with van der Waals surface area (Å²) in [7, 11) is 4.08. The average Bonchev–Trinajstić information content (AvgIpc) is 2.23. The highest BCUT2D eigenvalue weighted by Crippen LogP contribution is 2.23. The van der Waals surface area contributed by atoms with Crippen LogP contribution in [0.4, 0.5) is 0 Å². The van der Waals surface area contributed by atoms with Gasteiger partial charge in [-0.15, -0.1) is 0 Å². The molecule has 0 aliphatic heterocycles. The Bertz CT molecular complexity index is 388. The summed E-state index contributed by atoms with van der Waals surface area (Å²) in [6.07, 6.45) is 0.897. The maximum Gasteiger partial charge on any atom is 0.0727 e. The quantitative estimate of drug-likeness (QED) is 0.774. The van der Waals surface area contributed by atoms with Crippen molar-refractivity contribution < 1.29 is 0 Å². The molecule has 0 spiro atoms. The lowest BCUT2D eigenvalue weighted by Gasteiger charge is -2.16. The largest absolute Gasteiger partial charge is 0.309 e. The monoisotopic (exact) mass is 216 g/mol. The SMILES string of the molecule is Cc1ccc(C)c(C(C#N)CCN(C)C)c1. The van der Waals surface area contributed by atoms with Crippen molar-refractivity contribution in [2.45, 2.75) is 26.2 Å². The van der Waals surface area contributed by atoms with Crippen LogP contribution in [-0.4, -0.2) is 25.5 Å². The Morgan fingerprint density at radius 2 is 2.00 bits per heavy atom. The van der Waals surface area contributed by atoms with Gasteiger partial charge in [0.15, 0.2) is 0 Å². The molecule has 0 amide bonds. The van der Waals surface area contributed by atoms with Crippen LogP contribution >= 0.6 is 0 Å². The summed E-state index contributed by atoms with van der Waals surface area (Å²) in [5.41, 5.74) is 3.63. The average molecular weight is 216 g/mol. The van der Waals surface area contributed by atoms with E-state index in [-0.39, 0.29) is 5.92 Å². The van der Waals surface area contributed by atoms with Crippen LogP contribution in [0.3, 0.4) is 0 Å². The van der Waals surface area contributed by atoms with E-state index in [1.165, 1.54) is 16.7 Å². The Morgan fingerprint density at radius 3 is 2.56 bits per heavy atom. The van der Waals surface area contributed by atoms with Crippen molar-refractivity contribution in [3.63, 3.8) is 0 Å². The van der Waals surface area contributed by atoms with Gasteiger partial charge in [0.2, 0.25) is 0 Å². The summed E-state index contributed by atoms with van der Waals surface area (Å²) in [4.78, 5) is 2.12. The number of aryl methyl sites for hydroxylation is 2. The first-order chi connectivity index (χ1) is 7.54. The third-order valence-electron chi connectivity index (χ3n) is 2.83. The molecular weight excluding hydrogens is 196 g/mol. The van der Waals surface area contributed by atoms with E-state index in [9.17, 15) is 5.26 Å². The molecule has 0 saturated carbocycles. The van der Waals surface area contributed by atoms with E-state index in [4.69, 9.17) is 0 Å². The van der Waals surface area contributed by atoms with Gasteiger partial charge in [-0.2, -0.15) is 5.26 Å². The smallest absolute Gasteiger partial charge is 0.0727 e. The number of hydrogen-bond donors (Lipinski definition) is 0. The Labute approximate surface area is 98.5 Å². The molecule has 16 heavy (non-hydrogen) atoms. The molecule has 86 valence electrons. The maximum atomic E-state index is 9.24. The molecule has 0 saturated heterocycles. The zero-order valence-electron chi connectivity index (χ0n) is 10.6. The zero-order chi connectivity index (χ0) is 12.1. The van der Waals surface area contributed by atoms with Crippen molar-refractivity contribution in [3.05, 3.63) is 34.9 Å². The van der Waals surface area contributed by atoms with E-state index in [0.717, 1.165) is 13.0 Å². The van der Waals surface area contributed by atoms with Crippen molar-refractivity contribution in [1.82, 2.24) is 4.90 Å². The fourth-order valence-electron chi connectivity index (χ4n) is 1.81. The Hall–Kier alpha value is -1.33. The summed E-state index contributed by atoms with van der Waals surface area (Å²) >= 11 is 0. The molecule has 2 nitrogen and oxygen atoms in total. The topological polar surface area (TPSA) is 27.0 Å². The van der Waals surface area contributed by atoms with E-state index in [2.05, 4.69) is 43.0 Å². The second-order valence-electron chi connectivity index (χ2n) is 4.63. The summed E-state index contributed by atoms with van der Waals surface area (Å²) < 4.78 is 0. The lowest BCUT2D eigenvalue weighted by Crippen LogP contribution is -2.15. The molecule has 0 radical (unpaired) electrons. The van der Waals surface area contributed by atoms with E-state index >= 15 is 0 Å². The lowest BCUT2D eigenvalue weighted by molar-refractivity contribution is 0.393. The van der Waals surface area contributed by atoms with Crippen LogP contribution < -0.4 is 0 Å². The van der Waals surface area contributed by atoms with Gasteiger partial charge in [0.1, 0.15) is 0 Å². The van der Waals surface area contributed by atoms with Crippen LogP contribution in [0, 0.1) is 25.2 Å². The van der Waals surface area contributed by atoms with Gasteiger partial charge in [-0.25, -0.2) is 0 Å². The van der Waals surface area contributed by atoms with Gasteiger partial charge in [-0.3, -0.25) is 0 Å². The number of benzene rings is 1. The highest BCUT2D eigenvalue weighted by molar-refractivity contribution is 5.36. The molecule has 0 aliphatic carbocycles. The molecule has 0 heterocycles. The van der Waals surface area contributed by atoms with Crippen molar-refractivity contribution >= 4 is 0 Å². The minimum atomic E-state index is 0.0160. The fraction of sp³-hybridized carbons (Fsp3) is 0.500. The number of nitriles is 1. The number of hydrogen-bond acceptors (Lipinski definition) is 2. The molecule has 1 unspecified atom stereocenters. The van der Waals surface area contributed by atoms with Gasteiger partial charge in [0, 0.05) is 0 Å². The zero-order valence-corrected chi connectivity index (χ0v) is 10.6. The molecule has 1 aromatic rings. The van der Waals surface area contributed by atoms with Crippen LogP contribution in [0.25, 0.3) is 0 Å². The van der Waals surface area contributed by atoms with Crippen molar-refractivity contribution in [2.75, 3.05) is 20.6 Å². The minimum absolute atomic E-state index is 0.0160. The summed E-state index contributed by atoms with van der Waals surface area (Å²) in [5, 5.41) is 9.24. The molecular formula is C14H20N2. The first kappa shape index (κ1) is 12.7. The second-order valence-corrected chi connectivity index (χ2v) is 4.63. The number of nitrogens with zero attached hydrogens (tertiary/aromatic N) is 2. The standard InChI is InChI=1S/C14H20N2/c1-11-5-6-12(2)14(9-11)13(10-15)7-8-16(3)4/h5-6,9,13H,7-8H2,1-4H3. The van der Waals surface area contributed by atoms with Crippen LogP contribution in [0.2, 0.25) is 0 Å². The molecule has 0 N–H and O–H groups in total. The maximum absolute atomic E-state index is 9.24. The molecule has 1 aromatic carbocycles. The van der Waals surface area contributed by atoms with Crippen LogP contribution in [0.1, 0.15) is 29.0 Å². The Balaban J connectivity index is 2.87. The van der Waals surface area contributed by atoms with Crippen LogP contribution in [-0.2, 0) is 0 Å². The van der Waals surface area contributed by atoms with Gasteiger partial charge in [-0.05, 0) is 52.0 Å². The van der Waals surface area contributed by atoms with E-state index in [1.54, 1.807) is 0 Å². The first-order valence-electron chi connectivity index (χ1n) is 5.66. The lowest BCUT2D eigenvalue weighted by atomic mass is 9.92. The van der Waals surface area contributed by atoms with Gasteiger partial charge in [0.05, 0.1) is 12.0 Å². The van der Waals surface area contributed by atoms with E-state index in [0.29, 0.717) is 0 Å². The molecule has 1 atom stereocenters. The molecule has 0 bridgehead atoms. The van der Waals surface area contributed by atoms with Crippen molar-refractivity contribution in [1.29, 1.82) is 5.26 Å². The summed E-state index contributed by atoms with van der Waals surface area (Å²) in [6.45, 7) is 5.10. The Morgan fingerprint density at radius 1 is 1.31 bits per heavy atom. The highest BCUT2D eigenvalue weighted by Gasteiger charge is 2.13. The minimum Gasteiger partial charge on any atom is -0.309 e. The predicted octanol–water partition coefficient (Wildman–Crippen LogP) is 2.86. The van der Waals surface area contributed by atoms with Crippen LogP contribution in [0.15, 0.2) is 18.2 Å². The summed E-state index contributed by atoms with van der Waals surface area (Å²) in [5.74, 6) is 0.0160. The molecule has 2 heteroatoms. The van der Waals surface area contributed by atoms with Gasteiger partial charge < -0.3 is 4.90 Å². The van der Waals surface area contributed by atoms with Crippen molar-refractivity contribution in [2.24, 2.45) is 0 Å². The summed E-state index contributed by atoms with van der Waals surface area (Å²) in [6, 6.07) is 8.75.